The Balaban J connectivity index is 1.52. The van der Waals surface area contributed by atoms with Crippen LogP contribution in [0.25, 0.3) is 22.3 Å². The van der Waals surface area contributed by atoms with Crippen LogP contribution >= 0.6 is 11.6 Å². The number of nitrogens with one attached hydrogen (secondary N) is 3. The van der Waals surface area contributed by atoms with E-state index in [1.165, 1.54) is 0 Å². The van der Waals surface area contributed by atoms with Crippen molar-refractivity contribution < 1.29 is 8.76 Å². The minimum atomic E-state index is -2.22. The van der Waals surface area contributed by atoms with Gasteiger partial charge in [0.1, 0.15) is 16.5 Å². The molecule has 28 heavy (non-hydrogen) atoms. The molecule has 3 unspecified atom stereocenters. The number of hydrogen-bond donors (Lipinski definition) is 3. The van der Waals surface area contributed by atoms with E-state index in [4.69, 9.17) is 11.6 Å². The molecule has 3 aromatic heterocycles. The summed E-state index contributed by atoms with van der Waals surface area (Å²) >= 11 is 4.06. The maximum atomic E-state index is 10.7. The van der Waals surface area contributed by atoms with Crippen molar-refractivity contribution in [1.82, 2.24) is 24.7 Å². The minimum Gasteiger partial charge on any atom is -0.760 e. The van der Waals surface area contributed by atoms with Crippen LogP contribution in [0.1, 0.15) is 25.7 Å². The van der Waals surface area contributed by atoms with Crippen LogP contribution in [0.3, 0.4) is 0 Å². The lowest BCUT2D eigenvalue weighted by atomic mass is 9.86. The van der Waals surface area contributed by atoms with Crippen molar-refractivity contribution in [2.75, 3.05) is 11.9 Å². The van der Waals surface area contributed by atoms with Gasteiger partial charge in [-0.2, -0.15) is 0 Å². The van der Waals surface area contributed by atoms with Crippen molar-refractivity contribution in [2.45, 2.75) is 31.7 Å². The van der Waals surface area contributed by atoms with E-state index in [2.05, 4.69) is 30.0 Å². The van der Waals surface area contributed by atoms with Crippen LogP contribution in [-0.2, 0) is 11.3 Å². The summed E-state index contributed by atoms with van der Waals surface area (Å²) in [6.45, 7) is 0.469. The molecular weight excluding hydrogens is 400 g/mol. The van der Waals surface area contributed by atoms with Gasteiger partial charge in [-0.3, -0.25) is 9.19 Å². The molecule has 0 spiro atoms. The van der Waals surface area contributed by atoms with Crippen LogP contribution in [0.4, 0.5) is 5.82 Å². The van der Waals surface area contributed by atoms with E-state index in [1.54, 1.807) is 18.5 Å². The highest BCUT2D eigenvalue weighted by Gasteiger charge is 2.22. The molecule has 3 aromatic rings. The molecule has 1 saturated carbocycles. The number of pyridine rings is 1. The first-order valence-electron chi connectivity index (χ1n) is 9.14. The molecule has 3 heterocycles. The van der Waals surface area contributed by atoms with Gasteiger partial charge in [-0.05, 0) is 42.9 Å². The largest absolute Gasteiger partial charge is 0.760 e. The first-order chi connectivity index (χ1) is 13.6. The van der Waals surface area contributed by atoms with Crippen LogP contribution in [0.2, 0.25) is 5.15 Å². The summed E-state index contributed by atoms with van der Waals surface area (Å²) in [5.41, 5.74) is 3.33. The zero-order valence-electron chi connectivity index (χ0n) is 15.0. The highest BCUT2D eigenvalue weighted by atomic mass is 35.5. The molecule has 1 aliphatic rings. The second-order valence-corrected chi connectivity index (χ2v) is 8.12. The van der Waals surface area contributed by atoms with Gasteiger partial charge in [-0.15, -0.1) is 0 Å². The second-order valence-electron chi connectivity index (χ2n) is 6.98. The van der Waals surface area contributed by atoms with Gasteiger partial charge in [-0.25, -0.2) is 14.7 Å². The average molecular weight is 420 g/mol. The van der Waals surface area contributed by atoms with Crippen molar-refractivity contribution >= 4 is 39.8 Å². The van der Waals surface area contributed by atoms with E-state index in [0.29, 0.717) is 23.4 Å². The van der Waals surface area contributed by atoms with Crippen molar-refractivity contribution in [3.8, 4) is 11.1 Å². The summed E-state index contributed by atoms with van der Waals surface area (Å²) in [6, 6.07) is 3.99. The summed E-state index contributed by atoms with van der Waals surface area (Å²) in [5.74, 6) is 1.01. The average Bonchev–Trinajstić information content (AvgIpc) is 3.10. The molecule has 1 aliphatic carbocycles. The Morgan fingerprint density at radius 1 is 1.29 bits per heavy atom. The molecule has 0 saturated heterocycles. The zero-order chi connectivity index (χ0) is 19.5. The van der Waals surface area contributed by atoms with Gasteiger partial charge in [0.2, 0.25) is 0 Å². The fourth-order valence-corrected chi connectivity index (χ4v) is 4.38. The highest BCUT2D eigenvalue weighted by Crippen LogP contribution is 2.31. The third kappa shape index (κ3) is 4.49. The van der Waals surface area contributed by atoms with Crippen molar-refractivity contribution in [3.05, 3.63) is 35.9 Å². The fourth-order valence-electron chi connectivity index (χ4n) is 3.80. The Bertz CT molecular complexity index is 997. The predicted molar refractivity (Wildman–Crippen MR) is 108 cm³/mol. The van der Waals surface area contributed by atoms with Gasteiger partial charge >= 0.3 is 0 Å². The van der Waals surface area contributed by atoms with Gasteiger partial charge in [0.05, 0.1) is 0 Å². The Labute approximate surface area is 170 Å². The quantitative estimate of drug-likeness (QED) is 0.417. The van der Waals surface area contributed by atoms with Crippen molar-refractivity contribution in [2.24, 2.45) is 5.92 Å². The molecule has 1 fully saturated rings. The summed E-state index contributed by atoms with van der Waals surface area (Å²) in [4.78, 5) is 16.2. The fraction of sp³-hybridized carbons (Fsp3) is 0.389. The molecule has 0 radical (unpaired) electrons. The smallest absolute Gasteiger partial charge is 0.156 e. The molecule has 4 rings (SSSR count). The number of anilines is 1. The Kier molecular flexibility index (Phi) is 5.86. The third-order valence-corrected chi connectivity index (χ3v) is 5.63. The lowest BCUT2D eigenvalue weighted by Gasteiger charge is -2.30. The van der Waals surface area contributed by atoms with E-state index in [9.17, 15) is 8.76 Å². The topological polar surface area (TPSA) is 119 Å². The van der Waals surface area contributed by atoms with Crippen molar-refractivity contribution in [1.29, 1.82) is 0 Å². The normalized spacial score (nSPS) is 20.9. The number of rotatable bonds is 6. The Hall–Kier alpha value is -2.07. The highest BCUT2D eigenvalue weighted by molar-refractivity contribution is 7.77. The maximum absolute atomic E-state index is 10.7. The molecule has 3 atom stereocenters. The SMILES string of the molecule is O=S([O-])NCC1CCCC(Nc2cc(-c3c[nH]c4nccnc34)cc(Cl)n2)C1. The molecule has 0 bridgehead atoms. The van der Waals surface area contributed by atoms with Gasteiger partial charge in [0.15, 0.2) is 5.65 Å². The summed E-state index contributed by atoms with van der Waals surface area (Å²) in [5, 5.41) is 3.86. The van der Waals surface area contributed by atoms with Gasteiger partial charge < -0.3 is 14.9 Å². The first kappa shape index (κ1) is 19.3. The number of fused-ring (bicyclic) bond motifs is 1. The van der Waals surface area contributed by atoms with E-state index < -0.39 is 11.3 Å². The standard InChI is InChI=1S/C18H21ClN6O2S/c19-15-7-12(14-10-22-18-17(14)20-4-5-21-18)8-16(25-15)24-13-3-1-2-11(6-13)9-23-28(26)27/h4-5,7-8,10-11,13,23H,1-3,6,9H2,(H,21,22)(H,24,25)(H,26,27)/p-1. The molecule has 3 N–H and O–H groups in total. The number of hydrogen-bond acceptors (Lipinski definition) is 6. The maximum Gasteiger partial charge on any atom is 0.156 e. The lowest BCUT2D eigenvalue weighted by Crippen LogP contribution is -2.33. The molecule has 148 valence electrons. The van der Waals surface area contributed by atoms with E-state index in [1.807, 2.05) is 12.3 Å². The number of H-pyrrole nitrogens is 1. The van der Waals surface area contributed by atoms with E-state index in [-0.39, 0.29) is 6.04 Å². The number of halogens is 1. The molecule has 10 heteroatoms. The minimum absolute atomic E-state index is 0.224. The second kappa shape index (κ2) is 8.52. The summed E-state index contributed by atoms with van der Waals surface area (Å²) < 4.78 is 24.0. The number of nitrogens with zero attached hydrogens (tertiary/aromatic N) is 3. The Morgan fingerprint density at radius 3 is 3.00 bits per heavy atom. The number of aromatic amines is 1. The van der Waals surface area contributed by atoms with Gasteiger partial charge in [-0.1, -0.05) is 18.0 Å². The molecular formula is C18H20ClN6O2S-. The third-order valence-electron chi connectivity index (χ3n) is 5.04. The first-order valence-corrected chi connectivity index (χ1v) is 10.6. The van der Waals surface area contributed by atoms with Crippen LogP contribution in [0.15, 0.2) is 30.7 Å². The van der Waals surface area contributed by atoms with E-state index in [0.717, 1.165) is 48.0 Å². The van der Waals surface area contributed by atoms with E-state index >= 15 is 0 Å². The van der Waals surface area contributed by atoms with Crippen LogP contribution in [0, 0.1) is 5.92 Å². The summed E-state index contributed by atoms with van der Waals surface area (Å²) in [6.07, 6.45) is 9.13. The Morgan fingerprint density at radius 2 is 2.14 bits per heavy atom. The van der Waals surface area contributed by atoms with Crippen LogP contribution < -0.4 is 10.0 Å². The van der Waals surface area contributed by atoms with Gasteiger partial charge in [0.25, 0.3) is 0 Å². The van der Waals surface area contributed by atoms with Gasteiger partial charge in [0, 0.05) is 48.0 Å². The molecule has 0 aromatic carbocycles. The lowest BCUT2D eigenvalue weighted by molar-refractivity contribution is 0.333. The molecule has 8 nitrogen and oxygen atoms in total. The zero-order valence-corrected chi connectivity index (χ0v) is 16.6. The summed E-state index contributed by atoms with van der Waals surface area (Å²) in [7, 11) is 0. The number of aromatic nitrogens is 4. The van der Waals surface area contributed by atoms with Crippen LogP contribution in [-0.4, -0.2) is 41.3 Å². The van der Waals surface area contributed by atoms with Crippen molar-refractivity contribution in [3.63, 3.8) is 0 Å². The van der Waals surface area contributed by atoms with Crippen LogP contribution in [0.5, 0.6) is 0 Å². The molecule has 0 amide bonds. The predicted octanol–water partition coefficient (Wildman–Crippen LogP) is 3.03. The monoisotopic (exact) mass is 419 g/mol. The molecule has 0 aliphatic heterocycles.